The molecule has 0 aromatic heterocycles. The summed E-state index contributed by atoms with van der Waals surface area (Å²) in [5, 5.41) is 17.3. The number of nitrogens with one attached hydrogen (secondary N) is 4. The zero-order valence-electron chi connectivity index (χ0n) is 24.8. The van der Waals surface area contributed by atoms with Gasteiger partial charge in [0.25, 0.3) is 0 Å². The Morgan fingerprint density at radius 2 is 1.69 bits per heavy atom. The van der Waals surface area contributed by atoms with Crippen molar-refractivity contribution in [3.05, 3.63) is 29.8 Å². The summed E-state index contributed by atoms with van der Waals surface area (Å²) < 4.78 is 5.23. The molecule has 2 heterocycles. The lowest BCUT2D eigenvalue weighted by Gasteiger charge is -2.39. The van der Waals surface area contributed by atoms with E-state index in [0.717, 1.165) is 18.4 Å². The van der Waals surface area contributed by atoms with E-state index in [-0.39, 0.29) is 37.0 Å². The number of fused-ring (bicyclic) bond motifs is 1. The van der Waals surface area contributed by atoms with E-state index >= 15 is 0 Å². The minimum absolute atomic E-state index is 0.139. The highest BCUT2D eigenvalue weighted by atomic mass is 16.5. The van der Waals surface area contributed by atoms with E-state index in [1.165, 1.54) is 0 Å². The Bertz CT molecular complexity index is 1100. The molecule has 0 spiro atoms. The molecule has 0 unspecified atom stereocenters. The van der Waals surface area contributed by atoms with Crippen molar-refractivity contribution in [3.8, 4) is 5.75 Å². The van der Waals surface area contributed by atoms with Gasteiger partial charge in [0.05, 0.1) is 7.11 Å². The van der Waals surface area contributed by atoms with Crippen molar-refractivity contribution in [3.63, 3.8) is 0 Å². The van der Waals surface area contributed by atoms with Gasteiger partial charge in [0.15, 0.2) is 0 Å². The summed E-state index contributed by atoms with van der Waals surface area (Å²) >= 11 is 0. The van der Waals surface area contributed by atoms with E-state index in [4.69, 9.17) is 9.94 Å². The Hall–Kier alpha value is -3.67. The number of hydrogen-bond donors (Lipinski definition) is 5. The van der Waals surface area contributed by atoms with Crippen LogP contribution in [0.25, 0.3) is 0 Å². The predicted octanol–water partition coefficient (Wildman–Crippen LogP) is 1.59. The number of benzene rings is 1. The normalized spacial score (nSPS) is 24.2. The average molecular weight is 588 g/mol. The summed E-state index contributed by atoms with van der Waals surface area (Å²) in [5.74, 6) is -1.64. The van der Waals surface area contributed by atoms with Gasteiger partial charge >= 0.3 is 0 Å². The van der Waals surface area contributed by atoms with Crippen LogP contribution in [-0.2, 0) is 30.4 Å². The molecule has 2 aliphatic rings. The number of methoxy groups -OCH3 is 1. The third kappa shape index (κ3) is 8.91. The van der Waals surface area contributed by atoms with Crippen LogP contribution >= 0.6 is 0 Å². The fourth-order valence-electron chi connectivity index (χ4n) is 5.47. The van der Waals surface area contributed by atoms with Crippen LogP contribution in [0.1, 0.15) is 77.2 Å². The molecule has 42 heavy (non-hydrogen) atoms. The standard InChI is InChI=1S/C30H45N5O7/c1-4-19(2)26-30(40)35-17-9-8-11-24(35)29(39)31-22(10-6-5-7-12-25(36)34-41)27(37)32-23(28(38)33-26)18-20-13-15-21(42-3)16-14-20/h13-16,19,22-24,26,41H,4-12,17-18H2,1-3H3,(H,31,39)(H,32,37)(H,33,38)(H,34,36)/t19-,22-,23+,24-,26-/m0/s1. The van der Waals surface area contributed by atoms with Crippen molar-refractivity contribution in [1.82, 2.24) is 26.3 Å². The van der Waals surface area contributed by atoms with Gasteiger partial charge in [-0.25, -0.2) is 5.48 Å². The lowest BCUT2D eigenvalue weighted by atomic mass is 9.93. The maximum absolute atomic E-state index is 13.9. The van der Waals surface area contributed by atoms with Gasteiger partial charge < -0.3 is 25.6 Å². The number of hydroxylamine groups is 1. The van der Waals surface area contributed by atoms with Gasteiger partial charge in [0.1, 0.15) is 29.9 Å². The van der Waals surface area contributed by atoms with E-state index in [2.05, 4.69) is 16.0 Å². The molecule has 5 amide bonds. The Kier molecular flexibility index (Phi) is 12.6. The van der Waals surface area contributed by atoms with Crippen LogP contribution in [0.5, 0.6) is 5.75 Å². The first kappa shape index (κ1) is 32.8. The maximum Gasteiger partial charge on any atom is 0.246 e. The van der Waals surface area contributed by atoms with Gasteiger partial charge in [-0.15, -0.1) is 0 Å². The van der Waals surface area contributed by atoms with E-state index in [0.29, 0.717) is 44.4 Å². The summed E-state index contributed by atoms with van der Waals surface area (Å²) in [6.45, 7) is 4.24. The van der Waals surface area contributed by atoms with Crippen LogP contribution < -0.4 is 26.2 Å². The second-order valence-corrected chi connectivity index (χ2v) is 11.2. The van der Waals surface area contributed by atoms with Crippen molar-refractivity contribution in [2.24, 2.45) is 5.92 Å². The Balaban J connectivity index is 1.90. The van der Waals surface area contributed by atoms with E-state index < -0.39 is 41.9 Å². The van der Waals surface area contributed by atoms with Gasteiger partial charge in [-0.2, -0.15) is 0 Å². The van der Waals surface area contributed by atoms with Crippen LogP contribution in [0.2, 0.25) is 0 Å². The average Bonchev–Trinajstić information content (AvgIpc) is 3.01. The van der Waals surface area contributed by atoms with Crippen LogP contribution in [0.15, 0.2) is 24.3 Å². The molecule has 0 bridgehead atoms. The molecule has 12 heteroatoms. The highest BCUT2D eigenvalue weighted by Gasteiger charge is 2.40. The van der Waals surface area contributed by atoms with Crippen molar-refractivity contribution < 1.29 is 33.9 Å². The number of amides is 5. The summed E-state index contributed by atoms with van der Waals surface area (Å²) in [5.41, 5.74) is 2.38. The predicted molar refractivity (Wildman–Crippen MR) is 154 cm³/mol. The lowest BCUT2D eigenvalue weighted by molar-refractivity contribution is -0.147. The molecule has 0 radical (unpaired) electrons. The number of nitrogens with zero attached hydrogens (tertiary/aromatic N) is 1. The minimum atomic E-state index is -0.991. The molecule has 1 aromatic rings. The highest BCUT2D eigenvalue weighted by molar-refractivity contribution is 5.97. The van der Waals surface area contributed by atoms with Crippen LogP contribution in [0, 0.1) is 5.92 Å². The molecule has 5 N–H and O–H groups in total. The fraction of sp³-hybridized carbons (Fsp3) is 0.633. The quantitative estimate of drug-likeness (QED) is 0.149. The monoisotopic (exact) mass is 587 g/mol. The largest absolute Gasteiger partial charge is 0.497 e. The maximum atomic E-state index is 13.9. The molecule has 3 rings (SSSR count). The molecule has 2 fully saturated rings. The molecule has 0 aliphatic carbocycles. The topological polar surface area (TPSA) is 166 Å². The Morgan fingerprint density at radius 3 is 2.36 bits per heavy atom. The molecule has 232 valence electrons. The van der Waals surface area contributed by atoms with Crippen molar-refractivity contribution in [2.75, 3.05) is 13.7 Å². The number of carbonyl (C=O) groups excluding carboxylic acids is 5. The third-order valence-corrected chi connectivity index (χ3v) is 8.25. The number of carbonyl (C=O) groups is 5. The second kappa shape index (κ2) is 16.1. The van der Waals surface area contributed by atoms with Crippen LogP contribution in [0.4, 0.5) is 0 Å². The first-order chi connectivity index (χ1) is 20.2. The highest BCUT2D eigenvalue weighted by Crippen LogP contribution is 2.22. The number of unbranched alkanes of at least 4 members (excludes halogenated alkanes) is 2. The van der Waals surface area contributed by atoms with Gasteiger partial charge in [-0.3, -0.25) is 29.2 Å². The Labute approximate surface area is 247 Å². The summed E-state index contributed by atoms with van der Waals surface area (Å²) in [4.78, 5) is 67.7. The molecule has 2 saturated heterocycles. The Morgan fingerprint density at radius 1 is 1.00 bits per heavy atom. The van der Waals surface area contributed by atoms with Crippen molar-refractivity contribution in [1.29, 1.82) is 0 Å². The SMILES string of the molecule is CC[C@H](C)[C@@H]1NC(=O)[C@@H](Cc2ccc(OC)cc2)NC(=O)[C@H](CCCCCC(=O)NO)NC(=O)[C@@H]2CCCCN2C1=O. The zero-order chi connectivity index (χ0) is 30.6. The summed E-state index contributed by atoms with van der Waals surface area (Å²) in [6.07, 6.45) is 4.85. The first-order valence-electron chi connectivity index (χ1n) is 15.0. The molecule has 5 atom stereocenters. The van der Waals surface area contributed by atoms with Gasteiger partial charge in [-0.05, 0) is 55.7 Å². The smallest absolute Gasteiger partial charge is 0.246 e. The third-order valence-electron chi connectivity index (χ3n) is 8.25. The first-order valence-corrected chi connectivity index (χ1v) is 15.0. The zero-order valence-corrected chi connectivity index (χ0v) is 24.8. The van der Waals surface area contributed by atoms with Gasteiger partial charge in [-0.1, -0.05) is 45.2 Å². The minimum Gasteiger partial charge on any atom is -0.497 e. The van der Waals surface area contributed by atoms with Crippen LogP contribution in [-0.4, -0.2) is 77.5 Å². The number of rotatable bonds is 11. The van der Waals surface area contributed by atoms with Gasteiger partial charge in [0, 0.05) is 19.4 Å². The van der Waals surface area contributed by atoms with Crippen molar-refractivity contribution in [2.45, 2.75) is 102 Å². The van der Waals surface area contributed by atoms with Gasteiger partial charge in [0.2, 0.25) is 29.5 Å². The summed E-state index contributed by atoms with van der Waals surface area (Å²) in [7, 11) is 1.56. The molecular weight excluding hydrogens is 542 g/mol. The van der Waals surface area contributed by atoms with E-state index in [1.54, 1.807) is 29.6 Å². The number of hydrogen-bond acceptors (Lipinski definition) is 7. The molecule has 12 nitrogen and oxygen atoms in total. The summed E-state index contributed by atoms with van der Waals surface area (Å²) in [6, 6.07) is 3.68. The number of piperidine rings is 1. The van der Waals surface area contributed by atoms with E-state index in [9.17, 15) is 24.0 Å². The van der Waals surface area contributed by atoms with E-state index in [1.807, 2.05) is 26.0 Å². The molecule has 2 aliphatic heterocycles. The molecule has 1 aromatic carbocycles. The second-order valence-electron chi connectivity index (χ2n) is 11.2. The number of ether oxygens (including phenoxy) is 1. The van der Waals surface area contributed by atoms with Crippen LogP contribution in [0.3, 0.4) is 0 Å². The lowest BCUT2D eigenvalue weighted by Crippen LogP contribution is -2.64. The fourth-order valence-corrected chi connectivity index (χ4v) is 5.47. The molecule has 0 saturated carbocycles. The molecular formula is C30H45N5O7. The van der Waals surface area contributed by atoms with Crippen molar-refractivity contribution >= 4 is 29.5 Å².